The van der Waals surface area contributed by atoms with Crippen LogP contribution in [-0.4, -0.2) is 11.9 Å². The van der Waals surface area contributed by atoms with Crippen LogP contribution < -0.4 is 4.74 Å². The van der Waals surface area contributed by atoms with Gasteiger partial charge >= 0.3 is 5.97 Å². The molecule has 0 radical (unpaired) electrons. The van der Waals surface area contributed by atoms with E-state index in [0.717, 1.165) is 12.7 Å². The quantitative estimate of drug-likeness (QED) is 0.161. The molecule has 0 aliphatic carbocycles. The van der Waals surface area contributed by atoms with Crippen molar-refractivity contribution in [3.63, 3.8) is 0 Å². The van der Waals surface area contributed by atoms with Crippen LogP contribution in [0.25, 0.3) is 6.08 Å². The highest BCUT2D eigenvalue weighted by Gasteiger charge is 2.26. The summed E-state index contributed by atoms with van der Waals surface area (Å²) in [6.45, 7) is 0.112. The van der Waals surface area contributed by atoms with Crippen LogP contribution in [0.5, 0.6) is 5.75 Å². The molecule has 1 aliphatic heterocycles. The van der Waals surface area contributed by atoms with Gasteiger partial charge in [0.2, 0.25) is 5.90 Å². The Morgan fingerprint density at radius 2 is 1.78 bits per heavy atom. The first-order chi connectivity index (χ1) is 15.3. The summed E-state index contributed by atoms with van der Waals surface area (Å²) in [7, 11) is 0. The van der Waals surface area contributed by atoms with Gasteiger partial charge < -0.3 is 9.47 Å². The largest absolute Gasteiger partial charge is 0.487 e. The number of aliphatic imine (C=N–C) groups is 1. The van der Waals surface area contributed by atoms with E-state index in [0.29, 0.717) is 26.9 Å². The average molecular weight is 694 g/mol. The summed E-state index contributed by atoms with van der Waals surface area (Å²) < 4.78 is 26.6. The molecule has 0 atom stereocenters. The molecule has 1 heterocycles. The molecule has 3 aromatic carbocycles. The second-order valence-corrected chi connectivity index (χ2v) is 9.82. The third-order valence-electron chi connectivity index (χ3n) is 4.44. The fourth-order valence-corrected chi connectivity index (χ4v) is 5.53. The fraction of sp³-hybridized carbons (Fsp3) is 0.0435. The second-order valence-electron chi connectivity index (χ2n) is 6.65. The Balaban J connectivity index is 1.58. The first-order valence-electron chi connectivity index (χ1n) is 9.15. The summed E-state index contributed by atoms with van der Waals surface area (Å²) >= 11 is 16.4. The number of esters is 1. The second kappa shape index (κ2) is 10.1. The van der Waals surface area contributed by atoms with Crippen LogP contribution in [-0.2, 0) is 16.1 Å². The molecule has 0 unspecified atom stereocenters. The van der Waals surface area contributed by atoms with Crippen LogP contribution in [0.4, 0.5) is 4.39 Å². The number of ether oxygens (including phenoxy) is 2. The molecule has 0 amide bonds. The lowest BCUT2D eigenvalue weighted by Gasteiger charge is -2.12. The summed E-state index contributed by atoms with van der Waals surface area (Å²) in [5, 5.41) is 0.812. The van der Waals surface area contributed by atoms with Gasteiger partial charge in [-0.3, -0.25) is 0 Å². The van der Waals surface area contributed by atoms with Crippen molar-refractivity contribution in [1.29, 1.82) is 0 Å². The van der Waals surface area contributed by atoms with E-state index in [4.69, 9.17) is 32.7 Å². The number of carbonyl (C=O) groups excluding carboxylic acids is 1. The van der Waals surface area contributed by atoms with Crippen molar-refractivity contribution in [3.8, 4) is 5.75 Å². The number of carbonyl (C=O) groups is 1. The maximum Gasteiger partial charge on any atom is 0.363 e. The van der Waals surface area contributed by atoms with Crippen molar-refractivity contribution >= 4 is 86.3 Å². The Bertz CT molecular complexity index is 1270. The topological polar surface area (TPSA) is 47.9 Å². The van der Waals surface area contributed by atoms with Gasteiger partial charge in [-0.1, -0.05) is 41.4 Å². The van der Waals surface area contributed by atoms with E-state index in [1.165, 1.54) is 6.07 Å². The zero-order valence-electron chi connectivity index (χ0n) is 16.0. The lowest BCUT2D eigenvalue weighted by Crippen LogP contribution is -2.06. The molecule has 0 N–H and O–H groups in total. The highest BCUT2D eigenvalue weighted by molar-refractivity contribution is 14.1. The molecular formula is C23H12Cl2FI2NO3. The summed E-state index contributed by atoms with van der Waals surface area (Å²) in [6, 6.07) is 15.0. The lowest BCUT2D eigenvalue weighted by molar-refractivity contribution is -0.129. The maximum absolute atomic E-state index is 13.9. The van der Waals surface area contributed by atoms with E-state index in [2.05, 4.69) is 50.2 Å². The molecule has 32 heavy (non-hydrogen) atoms. The van der Waals surface area contributed by atoms with E-state index < -0.39 is 5.97 Å². The molecule has 4 rings (SSSR count). The minimum Gasteiger partial charge on any atom is -0.487 e. The minimum atomic E-state index is -0.573. The Kier molecular flexibility index (Phi) is 7.38. The number of hydrogen-bond donors (Lipinski definition) is 0. The predicted molar refractivity (Wildman–Crippen MR) is 140 cm³/mol. The Labute approximate surface area is 220 Å². The van der Waals surface area contributed by atoms with Gasteiger partial charge in [0, 0.05) is 10.6 Å². The maximum atomic E-state index is 13.9. The van der Waals surface area contributed by atoms with Crippen molar-refractivity contribution in [2.24, 2.45) is 4.99 Å². The normalized spacial score (nSPS) is 14.5. The van der Waals surface area contributed by atoms with Crippen LogP contribution in [0.1, 0.15) is 16.7 Å². The summed E-state index contributed by atoms with van der Waals surface area (Å²) in [6.07, 6.45) is 1.63. The number of nitrogens with zero attached hydrogens (tertiary/aromatic N) is 1. The standard InChI is InChI=1S/C23H12Cl2FI2NO3/c24-14-5-6-15(16(25)10-14)22-29-20(23(30)32-22)9-12-7-18(27)21(19(28)8-12)31-11-13-3-1-2-4-17(13)26/h1-10H,11H2/b20-9-. The molecule has 4 nitrogen and oxygen atoms in total. The van der Waals surface area contributed by atoms with Gasteiger partial charge in [-0.05, 0) is 93.2 Å². The molecule has 0 spiro atoms. The van der Waals surface area contributed by atoms with Crippen LogP contribution in [0.15, 0.2) is 65.3 Å². The number of benzene rings is 3. The van der Waals surface area contributed by atoms with E-state index in [1.807, 2.05) is 12.1 Å². The minimum absolute atomic E-state index is 0.112. The molecular weight excluding hydrogens is 682 g/mol. The first-order valence-corrected chi connectivity index (χ1v) is 12.1. The van der Waals surface area contributed by atoms with E-state index in [9.17, 15) is 9.18 Å². The summed E-state index contributed by atoms with van der Waals surface area (Å²) in [4.78, 5) is 16.6. The smallest absolute Gasteiger partial charge is 0.363 e. The van der Waals surface area contributed by atoms with Crippen LogP contribution in [0, 0.1) is 13.0 Å². The monoisotopic (exact) mass is 693 g/mol. The number of halogens is 5. The zero-order chi connectivity index (χ0) is 22.8. The third kappa shape index (κ3) is 5.27. The number of hydrogen-bond acceptors (Lipinski definition) is 4. The number of cyclic esters (lactones) is 1. The van der Waals surface area contributed by atoms with Crippen LogP contribution in [0.2, 0.25) is 10.0 Å². The molecule has 162 valence electrons. The van der Waals surface area contributed by atoms with Gasteiger partial charge in [0.1, 0.15) is 18.2 Å². The average Bonchev–Trinajstić information content (AvgIpc) is 3.08. The predicted octanol–water partition coefficient (Wildman–Crippen LogP) is 7.27. The molecule has 1 aliphatic rings. The SMILES string of the molecule is O=C1OC(c2ccc(Cl)cc2Cl)=N/C1=C\c1cc(I)c(OCc2ccccc2F)c(I)c1. The van der Waals surface area contributed by atoms with Gasteiger partial charge in [-0.15, -0.1) is 0 Å². The Hall–Kier alpha value is -1.69. The molecule has 0 saturated carbocycles. The number of rotatable bonds is 5. The molecule has 0 saturated heterocycles. The zero-order valence-corrected chi connectivity index (χ0v) is 21.9. The van der Waals surface area contributed by atoms with Crippen LogP contribution >= 0.6 is 68.4 Å². The van der Waals surface area contributed by atoms with E-state index in [1.54, 1.807) is 42.5 Å². The highest BCUT2D eigenvalue weighted by Crippen LogP contribution is 2.32. The fourth-order valence-electron chi connectivity index (χ4n) is 2.91. The van der Waals surface area contributed by atoms with Crippen molar-refractivity contribution in [1.82, 2.24) is 0 Å². The van der Waals surface area contributed by atoms with Gasteiger partial charge in [0.15, 0.2) is 5.70 Å². The van der Waals surface area contributed by atoms with E-state index in [-0.39, 0.29) is 24.0 Å². The summed E-state index contributed by atoms with van der Waals surface area (Å²) in [5.41, 5.74) is 1.85. The summed E-state index contributed by atoms with van der Waals surface area (Å²) in [5.74, 6) is -0.121. The van der Waals surface area contributed by atoms with Gasteiger partial charge in [-0.25, -0.2) is 14.2 Å². The van der Waals surface area contributed by atoms with E-state index >= 15 is 0 Å². The lowest BCUT2D eigenvalue weighted by atomic mass is 10.2. The van der Waals surface area contributed by atoms with Gasteiger partial charge in [0.25, 0.3) is 0 Å². The van der Waals surface area contributed by atoms with Gasteiger partial charge in [0.05, 0.1) is 17.7 Å². The van der Waals surface area contributed by atoms with Crippen molar-refractivity contribution in [2.45, 2.75) is 6.61 Å². The molecule has 0 bridgehead atoms. The van der Waals surface area contributed by atoms with Gasteiger partial charge in [-0.2, -0.15) is 0 Å². The third-order valence-corrected chi connectivity index (χ3v) is 6.59. The van der Waals surface area contributed by atoms with Crippen LogP contribution in [0.3, 0.4) is 0 Å². The first kappa shape index (κ1) is 23.5. The molecule has 0 aromatic heterocycles. The molecule has 3 aromatic rings. The Morgan fingerprint density at radius 3 is 2.47 bits per heavy atom. The van der Waals surface area contributed by atoms with Crippen molar-refractivity contribution in [2.75, 3.05) is 0 Å². The highest BCUT2D eigenvalue weighted by atomic mass is 127. The molecule has 9 heteroatoms. The van der Waals surface area contributed by atoms with Crippen molar-refractivity contribution in [3.05, 3.63) is 100.0 Å². The molecule has 0 fully saturated rings. The Morgan fingerprint density at radius 1 is 1.06 bits per heavy atom. The van der Waals surface area contributed by atoms with Crippen molar-refractivity contribution < 1.29 is 18.7 Å².